The monoisotopic (exact) mass is 934 g/mol. The van der Waals surface area contributed by atoms with Gasteiger partial charge in [-0.25, -0.2) is 4.57 Å². The third-order valence-corrected chi connectivity index (χ3v) is 12.9. The first kappa shape index (κ1) is 58.0. The third-order valence-electron chi connectivity index (χ3n) is 11.9. The molecule has 0 radical (unpaired) electrons. The van der Waals surface area contributed by atoms with Crippen molar-refractivity contribution in [1.29, 1.82) is 0 Å². The summed E-state index contributed by atoms with van der Waals surface area (Å²) in [5, 5.41) is 10.9. The van der Waals surface area contributed by atoms with Gasteiger partial charge in [-0.15, -0.1) is 0 Å². The summed E-state index contributed by atoms with van der Waals surface area (Å²) < 4.78 is 66.9. The van der Waals surface area contributed by atoms with Crippen LogP contribution in [0.5, 0.6) is 0 Å². The Morgan fingerprint density at radius 2 is 1.27 bits per heavy atom. The average molecular weight is 934 g/mol. The quantitative estimate of drug-likeness (QED) is 0.0327. The van der Waals surface area contributed by atoms with E-state index in [9.17, 15) is 28.9 Å². The molecule has 0 saturated heterocycles. The normalized spacial score (nSPS) is 16.1. The van der Waals surface area contributed by atoms with E-state index in [4.69, 9.17) is 19.7 Å². The van der Waals surface area contributed by atoms with Gasteiger partial charge < -0.3 is 47.6 Å². The molecule has 0 aliphatic carbocycles. The summed E-state index contributed by atoms with van der Waals surface area (Å²) in [7, 11) is -4.79. The summed E-state index contributed by atoms with van der Waals surface area (Å²) in [6.07, 6.45) is 24.0. The Hall–Kier alpha value is -2.17. The summed E-state index contributed by atoms with van der Waals surface area (Å²) in [4.78, 5) is 46.2. The molecule has 3 N–H and O–H groups in total. The van der Waals surface area contributed by atoms with Crippen LogP contribution in [0.15, 0.2) is 23.4 Å². The summed E-state index contributed by atoms with van der Waals surface area (Å²) >= 11 is 0. The van der Waals surface area contributed by atoms with Crippen molar-refractivity contribution >= 4 is 44.0 Å². The smallest absolute Gasteiger partial charge is 0.548 e. The van der Waals surface area contributed by atoms with Gasteiger partial charge in [0.15, 0.2) is 11.8 Å². The maximum absolute atomic E-state index is 15.8. The van der Waals surface area contributed by atoms with Gasteiger partial charge in [0.2, 0.25) is 0 Å². The maximum atomic E-state index is 15.8. The fourth-order valence-electron chi connectivity index (χ4n) is 8.66. The van der Waals surface area contributed by atoms with Crippen LogP contribution in [-0.2, 0) is 37.5 Å². The van der Waals surface area contributed by atoms with Crippen LogP contribution in [0.2, 0.25) is 0 Å². The molecular formula is C46H76BF2N3NaO10P. The Morgan fingerprint density at radius 3 is 1.80 bits per heavy atom. The van der Waals surface area contributed by atoms with Crippen LogP contribution in [-0.4, -0.2) is 76.4 Å². The van der Waals surface area contributed by atoms with E-state index in [0.29, 0.717) is 42.1 Å². The van der Waals surface area contributed by atoms with Crippen molar-refractivity contribution in [3.63, 3.8) is 0 Å². The number of esters is 2. The number of aliphatic carboxylic acids is 1. The number of ether oxygens (including phenoxy) is 2. The number of halogens is 2. The van der Waals surface area contributed by atoms with Crippen LogP contribution >= 0.6 is 7.82 Å². The first-order valence-corrected chi connectivity index (χ1v) is 25.2. The van der Waals surface area contributed by atoms with E-state index < -0.39 is 64.7 Å². The molecule has 3 atom stereocenters. The average Bonchev–Trinajstić information content (AvgIpc) is 3.71. The number of rotatable bonds is 35. The number of nitrogens with zero attached hydrogens (tertiary/aromatic N) is 2. The molecule has 18 heteroatoms. The van der Waals surface area contributed by atoms with Gasteiger partial charge in [-0.3, -0.25) is 18.6 Å². The first-order valence-electron chi connectivity index (χ1n) is 23.7. The van der Waals surface area contributed by atoms with Gasteiger partial charge in [0.1, 0.15) is 12.3 Å². The second-order valence-electron chi connectivity index (χ2n) is 17.5. The summed E-state index contributed by atoms with van der Waals surface area (Å²) in [5.41, 5.74) is 10.5. The Morgan fingerprint density at radius 1 is 0.781 bits per heavy atom. The fourth-order valence-corrected chi connectivity index (χ4v) is 9.44. The van der Waals surface area contributed by atoms with Crippen LogP contribution in [0.25, 0.3) is 5.57 Å². The van der Waals surface area contributed by atoms with Gasteiger partial charge in [0.25, 0.3) is 0 Å². The van der Waals surface area contributed by atoms with Crippen molar-refractivity contribution in [2.24, 2.45) is 5.73 Å². The number of nitrogens with two attached hydrogens (primary N) is 1. The zero-order valence-electron chi connectivity index (χ0n) is 39.8. The molecule has 2 aliphatic heterocycles. The van der Waals surface area contributed by atoms with Crippen molar-refractivity contribution < 1.29 is 90.1 Å². The van der Waals surface area contributed by atoms with Crippen LogP contribution in [0, 0.1) is 13.8 Å². The molecule has 3 heterocycles. The van der Waals surface area contributed by atoms with E-state index in [1.54, 1.807) is 13.8 Å². The van der Waals surface area contributed by atoms with Gasteiger partial charge in [-0.05, 0) is 63.8 Å². The zero-order valence-corrected chi connectivity index (χ0v) is 42.7. The number of carbonyl (C=O) groups excluding carboxylic acids is 3. The molecule has 13 nitrogen and oxygen atoms in total. The zero-order chi connectivity index (χ0) is 46.4. The van der Waals surface area contributed by atoms with E-state index in [1.165, 1.54) is 66.8 Å². The van der Waals surface area contributed by atoms with E-state index >= 15 is 8.63 Å². The molecule has 0 fully saturated rings. The van der Waals surface area contributed by atoms with Gasteiger partial charge in [-0.1, -0.05) is 122 Å². The molecule has 1 aromatic rings. The first-order chi connectivity index (χ1) is 30.0. The molecule has 1 unspecified atom stereocenters. The number of carbonyl (C=O) groups is 3. The number of hydrogen-bond donors (Lipinski definition) is 2. The van der Waals surface area contributed by atoms with E-state index in [2.05, 4.69) is 11.4 Å². The molecule has 1 aromatic heterocycles. The number of carboxylic acid groups (broad SMARTS) is 1. The standard InChI is InChI=1S/C46H77BF2N3O10P.Na/c1-6-7-8-9-10-11-12-13-14-15-19-22-25-28-42(53)59-32-39(33-60-63(57,58)61-34-41(50)46(55)56)62-43(54)29-26-23-20-17-16-18-21-24-27-40-44-35(2)30-37(4)51(44)47(48,49)52-38(5)31-36(3)45(40)52;/h30-31,39,41H,6-29,32-34,50H2,1-5H3,(H,55,56)(H,57,58);/q;+1/p-1/t39-,41+;/m1./s1. The van der Waals surface area contributed by atoms with Crippen molar-refractivity contribution in [2.45, 2.75) is 201 Å². The van der Waals surface area contributed by atoms with Gasteiger partial charge in [0, 0.05) is 42.7 Å². The van der Waals surface area contributed by atoms with Crippen LogP contribution in [0.4, 0.5) is 8.63 Å². The van der Waals surface area contributed by atoms with E-state index in [0.717, 1.165) is 80.9 Å². The van der Waals surface area contributed by atoms with Crippen LogP contribution in [0.3, 0.4) is 0 Å². The minimum atomic E-state index is -4.79. The Kier molecular flexibility index (Phi) is 27.4. The fraction of sp³-hybridized carbons (Fsp3) is 0.739. The Labute approximate surface area is 403 Å². The number of allylic oxidation sites excluding steroid dienone is 3. The maximum Gasteiger partial charge on any atom is 1.00 e. The molecule has 64 heavy (non-hydrogen) atoms. The van der Waals surface area contributed by atoms with E-state index in [-0.39, 0.29) is 42.4 Å². The van der Waals surface area contributed by atoms with Crippen molar-refractivity contribution in [3.8, 4) is 0 Å². The number of aromatic nitrogens is 1. The molecule has 0 aromatic carbocycles. The van der Waals surface area contributed by atoms with Crippen molar-refractivity contribution in [3.05, 3.63) is 40.4 Å². The molecule has 0 bridgehead atoms. The summed E-state index contributed by atoms with van der Waals surface area (Å²) in [6.45, 7) is 3.69. The largest absolute Gasteiger partial charge is 1.00 e. The van der Waals surface area contributed by atoms with Crippen molar-refractivity contribution in [2.75, 3.05) is 19.8 Å². The number of phosphoric acid groups is 1. The number of fused-ring (bicyclic) bond motifs is 2. The predicted octanol–water partition coefficient (Wildman–Crippen LogP) is 6.54. The molecule has 0 saturated carbocycles. The summed E-state index contributed by atoms with van der Waals surface area (Å²) in [6, 6.07) is 0.189. The topological polar surface area (TPSA) is 182 Å². The molecule has 2 aliphatic rings. The minimum absolute atomic E-state index is 0. The number of hydrogen-bond acceptors (Lipinski definition) is 10. The second-order valence-corrected chi connectivity index (χ2v) is 19.0. The van der Waals surface area contributed by atoms with Crippen LogP contribution in [0.1, 0.15) is 192 Å². The minimum Gasteiger partial charge on any atom is -0.548 e. The molecule has 3 rings (SSSR count). The molecule has 358 valence electrons. The molecular weight excluding hydrogens is 857 g/mol. The Balaban J connectivity index is 0.0000141. The number of aryl methyl sites for hydroxylation is 2. The SMILES string of the molecule is CCCCCCCCCCCCCCCC(=O)OC[C@H](COP(=O)(O)OC[C@H](N)C(=O)[O-])OC(=O)CCCCCCCCCCC1=C2C(C)=CC(C)=[N+]2[B-](F)(F)n2c(C)cc(C)c21.[Na+]. The number of phosphoric ester groups is 1. The number of carboxylic acids is 1. The van der Waals surface area contributed by atoms with Gasteiger partial charge in [-0.2, -0.15) is 0 Å². The van der Waals surface area contributed by atoms with Gasteiger partial charge >= 0.3 is 56.3 Å². The second kappa shape index (κ2) is 30.3. The predicted molar refractivity (Wildman–Crippen MR) is 241 cm³/mol. The third kappa shape index (κ3) is 19.6. The molecule has 0 spiro atoms. The Bertz CT molecular complexity index is 1790. The van der Waals surface area contributed by atoms with Crippen molar-refractivity contribution in [1.82, 2.24) is 4.48 Å². The van der Waals surface area contributed by atoms with E-state index in [1.807, 2.05) is 26.0 Å². The number of unbranched alkanes of at least 4 members (excludes halogenated alkanes) is 19. The molecule has 0 amide bonds. The summed E-state index contributed by atoms with van der Waals surface area (Å²) in [5.74, 6) is -2.75. The van der Waals surface area contributed by atoms with Crippen LogP contribution < -0.4 is 40.4 Å². The van der Waals surface area contributed by atoms with Gasteiger partial charge in [0.05, 0.1) is 25.2 Å².